The van der Waals surface area contributed by atoms with E-state index in [1.807, 2.05) is 0 Å². The van der Waals surface area contributed by atoms with Crippen molar-refractivity contribution in [1.29, 1.82) is 0 Å². The van der Waals surface area contributed by atoms with Crippen molar-refractivity contribution < 1.29 is 22.5 Å². The van der Waals surface area contributed by atoms with E-state index in [0.717, 1.165) is 32.1 Å². The molecule has 1 aliphatic rings. The SMILES string of the molecule is O=C(CS(=O)(=O)O)OC1CCCCC1. The van der Waals surface area contributed by atoms with Gasteiger partial charge in [0.1, 0.15) is 6.10 Å². The van der Waals surface area contributed by atoms with Crippen LogP contribution in [0.3, 0.4) is 0 Å². The van der Waals surface area contributed by atoms with Crippen molar-refractivity contribution in [2.24, 2.45) is 0 Å². The van der Waals surface area contributed by atoms with Crippen LogP contribution in [0, 0.1) is 0 Å². The summed E-state index contributed by atoms with van der Waals surface area (Å²) in [5.74, 6) is -1.80. The lowest BCUT2D eigenvalue weighted by Crippen LogP contribution is -2.25. The maximum Gasteiger partial charge on any atom is 0.323 e. The van der Waals surface area contributed by atoms with Crippen molar-refractivity contribution >= 4 is 16.1 Å². The molecule has 0 unspecified atom stereocenters. The largest absolute Gasteiger partial charge is 0.462 e. The summed E-state index contributed by atoms with van der Waals surface area (Å²) in [6, 6.07) is 0. The Balaban J connectivity index is 2.32. The molecule has 0 atom stereocenters. The Labute approximate surface area is 83.2 Å². The Morgan fingerprint density at radius 2 is 1.86 bits per heavy atom. The van der Waals surface area contributed by atoms with E-state index in [0.29, 0.717) is 0 Å². The molecule has 1 N–H and O–H groups in total. The molecule has 1 saturated carbocycles. The highest BCUT2D eigenvalue weighted by atomic mass is 32.2. The fourth-order valence-corrected chi connectivity index (χ4v) is 1.92. The van der Waals surface area contributed by atoms with E-state index in [2.05, 4.69) is 0 Å². The van der Waals surface area contributed by atoms with Crippen molar-refractivity contribution in [3.8, 4) is 0 Å². The number of esters is 1. The second kappa shape index (κ2) is 4.75. The van der Waals surface area contributed by atoms with Crippen LogP contribution < -0.4 is 0 Å². The van der Waals surface area contributed by atoms with Gasteiger partial charge in [0.15, 0.2) is 5.75 Å². The highest BCUT2D eigenvalue weighted by Gasteiger charge is 2.20. The van der Waals surface area contributed by atoms with E-state index in [1.54, 1.807) is 0 Å². The zero-order valence-electron chi connectivity index (χ0n) is 7.81. The lowest BCUT2D eigenvalue weighted by molar-refractivity contribution is -0.147. The van der Waals surface area contributed by atoms with Crippen LogP contribution in [0.5, 0.6) is 0 Å². The van der Waals surface area contributed by atoms with Gasteiger partial charge in [0.2, 0.25) is 0 Å². The van der Waals surface area contributed by atoms with Crippen LogP contribution in [0.25, 0.3) is 0 Å². The smallest absolute Gasteiger partial charge is 0.323 e. The second-order valence-electron chi connectivity index (χ2n) is 3.48. The van der Waals surface area contributed by atoms with Crippen LogP contribution in [-0.4, -0.2) is 30.8 Å². The first-order valence-corrected chi connectivity index (χ1v) is 6.23. The maximum atomic E-state index is 11.0. The zero-order valence-corrected chi connectivity index (χ0v) is 8.62. The van der Waals surface area contributed by atoms with Crippen molar-refractivity contribution in [3.05, 3.63) is 0 Å². The number of hydrogen-bond donors (Lipinski definition) is 1. The van der Waals surface area contributed by atoms with Crippen molar-refractivity contribution in [1.82, 2.24) is 0 Å². The Morgan fingerprint density at radius 1 is 1.29 bits per heavy atom. The Kier molecular flexibility index (Phi) is 3.88. The van der Waals surface area contributed by atoms with Crippen molar-refractivity contribution in [2.75, 3.05) is 5.75 Å². The molecular formula is C8H14O5S. The van der Waals surface area contributed by atoms with Gasteiger partial charge in [-0.2, -0.15) is 8.42 Å². The first kappa shape index (κ1) is 11.5. The number of rotatable bonds is 3. The van der Waals surface area contributed by atoms with Gasteiger partial charge in [0, 0.05) is 0 Å². The third-order valence-electron chi connectivity index (χ3n) is 2.15. The van der Waals surface area contributed by atoms with Gasteiger partial charge in [-0.3, -0.25) is 9.35 Å². The van der Waals surface area contributed by atoms with Gasteiger partial charge >= 0.3 is 5.97 Å². The fraction of sp³-hybridized carbons (Fsp3) is 0.875. The minimum atomic E-state index is -4.25. The first-order chi connectivity index (χ1) is 6.47. The molecule has 0 radical (unpaired) electrons. The number of hydrogen-bond acceptors (Lipinski definition) is 4. The molecule has 0 aliphatic heterocycles. The van der Waals surface area contributed by atoms with E-state index >= 15 is 0 Å². The topological polar surface area (TPSA) is 80.7 Å². The molecule has 1 rings (SSSR count). The summed E-state index contributed by atoms with van der Waals surface area (Å²) in [5.41, 5.74) is 0. The van der Waals surface area contributed by atoms with Crippen molar-refractivity contribution in [3.63, 3.8) is 0 Å². The molecule has 0 heterocycles. The van der Waals surface area contributed by atoms with E-state index in [9.17, 15) is 13.2 Å². The van der Waals surface area contributed by atoms with Gasteiger partial charge in [-0.1, -0.05) is 6.42 Å². The molecule has 0 aromatic heterocycles. The minimum absolute atomic E-state index is 0.169. The molecule has 0 bridgehead atoms. The van der Waals surface area contributed by atoms with Gasteiger partial charge in [-0.15, -0.1) is 0 Å². The molecule has 0 aromatic carbocycles. The molecule has 0 amide bonds. The number of ether oxygens (including phenoxy) is 1. The summed E-state index contributed by atoms with van der Waals surface area (Å²) in [5, 5.41) is 0. The highest BCUT2D eigenvalue weighted by molar-refractivity contribution is 7.86. The summed E-state index contributed by atoms with van der Waals surface area (Å²) in [6.07, 6.45) is 4.55. The summed E-state index contributed by atoms with van der Waals surface area (Å²) in [6.45, 7) is 0. The predicted molar refractivity (Wildman–Crippen MR) is 49.4 cm³/mol. The summed E-state index contributed by atoms with van der Waals surface area (Å²) < 4.78 is 34.0. The Morgan fingerprint density at radius 3 is 2.36 bits per heavy atom. The first-order valence-electron chi connectivity index (χ1n) is 4.62. The molecule has 0 spiro atoms. The van der Waals surface area contributed by atoms with E-state index in [-0.39, 0.29) is 6.10 Å². The van der Waals surface area contributed by atoms with Gasteiger partial charge in [0.05, 0.1) is 0 Å². The van der Waals surface area contributed by atoms with E-state index in [4.69, 9.17) is 9.29 Å². The number of carbonyl (C=O) groups is 1. The molecule has 0 saturated heterocycles. The minimum Gasteiger partial charge on any atom is -0.462 e. The van der Waals surface area contributed by atoms with Gasteiger partial charge in [-0.25, -0.2) is 0 Å². The molecule has 82 valence electrons. The molecule has 6 heteroatoms. The average Bonchev–Trinajstić information content (AvgIpc) is 2.02. The number of carbonyl (C=O) groups excluding carboxylic acids is 1. The third-order valence-corrected chi connectivity index (χ3v) is 2.75. The molecule has 0 aromatic rings. The Hall–Kier alpha value is -0.620. The standard InChI is InChI=1S/C8H14O5S/c9-8(6-14(10,11)12)13-7-4-2-1-3-5-7/h7H,1-6H2,(H,10,11,12). The lowest BCUT2D eigenvalue weighted by Gasteiger charge is -2.21. The van der Waals surface area contributed by atoms with Crippen LogP contribution >= 0.6 is 0 Å². The van der Waals surface area contributed by atoms with Gasteiger partial charge in [-0.05, 0) is 25.7 Å². The average molecular weight is 222 g/mol. The molecule has 14 heavy (non-hydrogen) atoms. The third kappa shape index (κ3) is 4.57. The fourth-order valence-electron chi connectivity index (χ4n) is 1.55. The summed E-state index contributed by atoms with van der Waals surface area (Å²) in [4.78, 5) is 11.0. The maximum absolute atomic E-state index is 11.0. The summed E-state index contributed by atoms with van der Waals surface area (Å²) >= 11 is 0. The monoisotopic (exact) mass is 222 g/mol. The van der Waals surface area contributed by atoms with Crippen LogP contribution in [0.2, 0.25) is 0 Å². The second-order valence-corrected chi connectivity index (χ2v) is 4.93. The molecule has 1 fully saturated rings. The summed E-state index contributed by atoms with van der Waals surface area (Å²) in [7, 11) is -4.25. The van der Waals surface area contributed by atoms with Crippen LogP contribution in [-0.2, 0) is 19.6 Å². The van der Waals surface area contributed by atoms with Crippen LogP contribution in [0.15, 0.2) is 0 Å². The quantitative estimate of drug-likeness (QED) is 0.563. The van der Waals surface area contributed by atoms with Crippen LogP contribution in [0.4, 0.5) is 0 Å². The van der Waals surface area contributed by atoms with E-state index < -0.39 is 21.8 Å². The zero-order chi connectivity index (χ0) is 10.6. The van der Waals surface area contributed by atoms with Gasteiger partial charge < -0.3 is 4.74 Å². The Bertz CT molecular complexity index is 289. The normalized spacial score (nSPS) is 19.2. The van der Waals surface area contributed by atoms with Crippen molar-refractivity contribution in [2.45, 2.75) is 38.2 Å². The van der Waals surface area contributed by atoms with Gasteiger partial charge in [0.25, 0.3) is 10.1 Å². The molecule has 5 nitrogen and oxygen atoms in total. The van der Waals surface area contributed by atoms with Crippen LogP contribution in [0.1, 0.15) is 32.1 Å². The van der Waals surface area contributed by atoms with E-state index in [1.165, 1.54) is 0 Å². The lowest BCUT2D eigenvalue weighted by atomic mass is 9.98. The molecule has 1 aliphatic carbocycles. The molecular weight excluding hydrogens is 208 g/mol. The highest BCUT2D eigenvalue weighted by Crippen LogP contribution is 2.20. The predicted octanol–water partition coefficient (Wildman–Crippen LogP) is 0.750.